The molecule has 144 valence electrons. The molecule has 3 aromatic carbocycles. The number of halogens is 1. The first kappa shape index (κ1) is 18.4. The Bertz CT molecular complexity index is 1240. The Balaban J connectivity index is 1.56. The zero-order chi connectivity index (χ0) is 20.4. The molecule has 0 unspecified atom stereocenters. The molecule has 5 nitrogen and oxygen atoms in total. The number of hydrogen-bond acceptors (Lipinski definition) is 5. The second-order valence-electron chi connectivity index (χ2n) is 6.40. The van der Waals surface area contributed by atoms with E-state index in [1.165, 1.54) is 48.7 Å². The van der Waals surface area contributed by atoms with Crippen molar-refractivity contribution in [2.45, 2.75) is 0 Å². The molecular formula is C23H15FO5. The predicted octanol–water partition coefficient (Wildman–Crippen LogP) is 4.57. The summed E-state index contributed by atoms with van der Waals surface area (Å²) in [6.07, 6.45) is 1.35. The maximum Gasteiger partial charge on any atom is 0.200 e. The van der Waals surface area contributed by atoms with Gasteiger partial charge in [-0.25, -0.2) is 4.39 Å². The van der Waals surface area contributed by atoms with E-state index in [1.54, 1.807) is 24.3 Å². The summed E-state index contributed by atoms with van der Waals surface area (Å²) in [5, 5.41) is 9.76. The lowest BCUT2D eigenvalue weighted by Crippen LogP contribution is -2.11. The molecule has 0 spiro atoms. The van der Waals surface area contributed by atoms with Gasteiger partial charge < -0.3 is 14.3 Å². The Morgan fingerprint density at radius 2 is 1.72 bits per heavy atom. The Morgan fingerprint density at radius 1 is 1.00 bits per heavy atom. The molecule has 0 aliphatic rings. The minimum absolute atomic E-state index is 0.107. The number of phenolic OH excluding ortho intramolecular Hbond substituents is 1. The number of carbonyl (C=O) groups excluding carboxylic acids is 1. The highest BCUT2D eigenvalue weighted by molar-refractivity contribution is 5.97. The van der Waals surface area contributed by atoms with E-state index in [9.17, 15) is 19.1 Å². The number of aromatic hydroxyl groups is 1. The lowest BCUT2D eigenvalue weighted by molar-refractivity contribution is 0.0921. The van der Waals surface area contributed by atoms with Gasteiger partial charge in [0.1, 0.15) is 29.2 Å². The molecule has 6 heteroatoms. The van der Waals surface area contributed by atoms with Crippen LogP contribution in [0.15, 0.2) is 82.2 Å². The molecule has 0 radical (unpaired) electrons. The standard InChI is InChI=1S/C23H15FO5/c24-16-5-1-15(2-6-16)21(26)13-28-18-9-10-19-22(11-18)29-12-20(23(19)27)14-3-7-17(25)8-4-14/h1-12,25H,13H2. The molecule has 1 N–H and O–H groups in total. The molecule has 0 saturated carbocycles. The van der Waals surface area contributed by atoms with Gasteiger partial charge in [0.15, 0.2) is 17.8 Å². The van der Waals surface area contributed by atoms with Crippen molar-refractivity contribution in [1.29, 1.82) is 0 Å². The van der Waals surface area contributed by atoms with Crippen LogP contribution in [0.4, 0.5) is 4.39 Å². The summed E-state index contributed by atoms with van der Waals surface area (Å²) in [7, 11) is 0. The molecule has 0 aliphatic carbocycles. The lowest BCUT2D eigenvalue weighted by Gasteiger charge is -2.07. The highest BCUT2D eigenvalue weighted by Gasteiger charge is 2.12. The maximum absolute atomic E-state index is 12.9. The topological polar surface area (TPSA) is 76.7 Å². The first-order valence-corrected chi connectivity index (χ1v) is 8.78. The van der Waals surface area contributed by atoms with Gasteiger partial charge >= 0.3 is 0 Å². The van der Waals surface area contributed by atoms with Crippen molar-refractivity contribution < 1.29 is 23.4 Å². The second kappa shape index (κ2) is 7.59. The summed E-state index contributed by atoms with van der Waals surface area (Å²) in [4.78, 5) is 24.9. The van der Waals surface area contributed by atoms with Crippen LogP contribution in [0.5, 0.6) is 11.5 Å². The summed E-state index contributed by atoms with van der Waals surface area (Å²) < 4.78 is 24.0. The highest BCUT2D eigenvalue weighted by Crippen LogP contribution is 2.24. The zero-order valence-electron chi connectivity index (χ0n) is 15.1. The summed E-state index contributed by atoms with van der Waals surface area (Å²) >= 11 is 0. The smallest absolute Gasteiger partial charge is 0.200 e. The van der Waals surface area contributed by atoms with E-state index < -0.39 is 5.82 Å². The van der Waals surface area contributed by atoms with Crippen LogP contribution < -0.4 is 10.2 Å². The van der Waals surface area contributed by atoms with Crippen molar-refractivity contribution in [3.05, 3.63) is 94.6 Å². The fourth-order valence-electron chi connectivity index (χ4n) is 2.91. The largest absolute Gasteiger partial charge is 0.508 e. The molecular weight excluding hydrogens is 375 g/mol. The van der Waals surface area contributed by atoms with Crippen molar-refractivity contribution in [1.82, 2.24) is 0 Å². The number of carbonyl (C=O) groups is 1. The summed E-state index contributed by atoms with van der Waals surface area (Å²) in [5.74, 6) is -0.239. The zero-order valence-corrected chi connectivity index (χ0v) is 15.1. The van der Waals surface area contributed by atoms with Crippen LogP contribution >= 0.6 is 0 Å². The quantitative estimate of drug-likeness (QED) is 0.505. The highest BCUT2D eigenvalue weighted by atomic mass is 19.1. The van der Waals surface area contributed by atoms with Crippen molar-refractivity contribution >= 4 is 16.8 Å². The van der Waals surface area contributed by atoms with Gasteiger partial charge in [0.05, 0.1) is 10.9 Å². The summed E-state index contributed by atoms with van der Waals surface area (Å²) in [6, 6.07) is 16.2. The van der Waals surface area contributed by atoms with Crippen LogP contribution in [-0.4, -0.2) is 17.5 Å². The molecule has 0 aliphatic heterocycles. The number of benzene rings is 3. The molecule has 0 fully saturated rings. The van der Waals surface area contributed by atoms with E-state index in [0.29, 0.717) is 33.4 Å². The number of ketones is 1. The van der Waals surface area contributed by atoms with E-state index in [2.05, 4.69) is 0 Å². The molecule has 0 amide bonds. The lowest BCUT2D eigenvalue weighted by atomic mass is 10.1. The van der Waals surface area contributed by atoms with Gasteiger partial charge in [-0.15, -0.1) is 0 Å². The van der Waals surface area contributed by atoms with Crippen molar-refractivity contribution in [3.8, 4) is 22.6 Å². The Labute approximate surface area is 164 Å². The fourth-order valence-corrected chi connectivity index (χ4v) is 2.91. The third kappa shape index (κ3) is 3.87. The minimum atomic E-state index is -0.418. The SMILES string of the molecule is O=C(COc1ccc2c(=O)c(-c3ccc(O)cc3)coc2c1)c1ccc(F)cc1. The number of rotatable bonds is 5. The molecule has 0 saturated heterocycles. The first-order chi connectivity index (χ1) is 14.0. The van der Waals surface area contributed by atoms with Crippen molar-refractivity contribution in [3.63, 3.8) is 0 Å². The van der Waals surface area contributed by atoms with Gasteiger partial charge in [0.25, 0.3) is 0 Å². The third-order valence-electron chi connectivity index (χ3n) is 4.46. The molecule has 4 rings (SSSR count). The van der Waals surface area contributed by atoms with Crippen LogP contribution in [0.1, 0.15) is 10.4 Å². The summed E-state index contributed by atoms with van der Waals surface area (Å²) in [5.41, 5.74) is 1.45. The number of hydrogen-bond donors (Lipinski definition) is 1. The summed E-state index contributed by atoms with van der Waals surface area (Å²) in [6.45, 7) is -0.229. The van der Waals surface area contributed by atoms with Crippen molar-refractivity contribution in [2.75, 3.05) is 6.61 Å². The van der Waals surface area contributed by atoms with E-state index in [0.717, 1.165) is 0 Å². The predicted molar refractivity (Wildman–Crippen MR) is 106 cm³/mol. The van der Waals surface area contributed by atoms with Crippen LogP contribution in [0.2, 0.25) is 0 Å². The number of ether oxygens (including phenoxy) is 1. The van der Waals surface area contributed by atoms with Crippen LogP contribution in [0, 0.1) is 5.82 Å². The van der Waals surface area contributed by atoms with E-state index in [4.69, 9.17) is 9.15 Å². The number of phenols is 1. The Hall–Kier alpha value is -3.93. The minimum Gasteiger partial charge on any atom is -0.508 e. The van der Waals surface area contributed by atoms with Gasteiger partial charge in [-0.2, -0.15) is 0 Å². The maximum atomic E-state index is 12.9. The molecule has 4 aromatic rings. The molecule has 1 heterocycles. The number of fused-ring (bicyclic) bond motifs is 1. The van der Waals surface area contributed by atoms with Gasteiger partial charge in [0, 0.05) is 11.6 Å². The van der Waals surface area contributed by atoms with Gasteiger partial charge in [-0.05, 0) is 54.1 Å². The average molecular weight is 390 g/mol. The van der Waals surface area contributed by atoms with E-state index in [-0.39, 0.29) is 23.6 Å². The molecule has 0 atom stereocenters. The van der Waals surface area contributed by atoms with Gasteiger partial charge in [-0.1, -0.05) is 12.1 Å². The van der Waals surface area contributed by atoms with Crippen LogP contribution in [-0.2, 0) is 0 Å². The Kier molecular flexibility index (Phi) is 4.83. The molecule has 1 aromatic heterocycles. The average Bonchev–Trinajstić information content (AvgIpc) is 2.73. The fraction of sp³-hybridized carbons (Fsp3) is 0.0435. The van der Waals surface area contributed by atoms with Crippen LogP contribution in [0.25, 0.3) is 22.1 Å². The van der Waals surface area contributed by atoms with Gasteiger partial charge in [-0.3, -0.25) is 9.59 Å². The van der Waals surface area contributed by atoms with Crippen molar-refractivity contribution in [2.24, 2.45) is 0 Å². The Morgan fingerprint density at radius 3 is 2.45 bits per heavy atom. The van der Waals surface area contributed by atoms with E-state index in [1.807, 2.05) is 0 Å². The second-order valence-corrected chi connectivity index (χ2v) is 6.40. The molecule has 29 heavy (non-hydrogen) atoms. The first-order valence-electron chi connectivity index (χ1n) is 8.78. The van der Waals surface area contributed by atoms with E-state index >= 15 is 0 Å². The monoisotopic (exact) mass is 390 g/mol. The normalized spacial score (nSPS) is 10.8. The number of Topliss-reactive ketones (excluding diaryl/α,β-unsaturated/α-hetero) is 1. The van der Waals surface area contributed by atoms with Gasteiger partial charge in [0.2, 0.25) is 0 Å². The van der Waals surface area contributed by atoms with Crippen LogP contribution in [0.3, 0.4) is 0 Å². The molecule has 0 bridgehead atoms. The third-order valence-corrected chi connectivity index (χ3v) is 4.46.